The van der Waals surface area contributed by atoms with Crippen LogP contribution in [0.2, 0.25) is 10.0 Å². The molecule has 6 nitrogen and oxygen atoms in total. The number of ether oxygens (including phenoxy) is 1. The molecule has 4 rings (SSSR count). The lowest BCUT2D eigenvalue weighted by molar-refractivity contribution is 0.102. The topological polar surface area (TPSA) is 75.7 Å². The number of hydrogen-bond acceptors (Lipinski definition) is 4. The second kappa shape index (κ2) is 11.7. The highest BCUT2D eigenvalue weighted by Crippen LogP contribution is 2.29. The summed E-state index contributed by atoms with van der Waals surface area (Å²) in [6.07, 6.45) is 1.10. The molecule has 0 heterocycles. The number of carbonyl (C=O) groups excluding carboxylic acids is 1. The van der Waals surface area contributed by atoms with Crippen molar-refractivity contribution in [1.29, 1.82) is 0 Å². The lowest BCUT2D eigenvalue weighted by Crippen LogP contribution is -2.29. The van der Waals surface area contributed by atoms with E-state index in [1.54, 1.807) is 66.7 Å². The summed E-state index contributed by atoms with van der Waals surface area (Å²) in [6.45, 7) is 0.410. The van der Waals surface area contributed by atoms with Gasteiger partial charge in [-0.3, -0.25) is 9.10 Å². The van der Waals surface area contributed by atoms with Gasteiger partial charge < -0.3 is 10.1 Å². The van der Waals surface area contributed by atoms with E-state index in [1.165, 1.54) is 4.31 Å². The van der Waals surface area contributed by atoms with Gasteiger partial charge >= 0.3 is 0 Å². The van der Waals surface area contributed by atoms with E-state index in [0.29, 0.717) is 44.9 Å². The molecule has 1 amide bonds. The lowest BCUT2D eigenvalue weighted by atomic mass is 10.1. The van der Waals surface area contributed by atoms with Gasteiger partial charge in [0.2, 0.25) is 10.0 Å². The zero-order valence-corrected chi connectivity index (χ0v) is 22.2. The quantitative estimate of drug-likeness (QED) is 0.247. The Morgan fingerprint density at radius 3 is 2.05 bits per heavy atom. The number of rotatable bonds is 9. The molecule has 0 aliphatic carbocycles. The van der Waals surface area contributed by atoms with Crippen LogP contribution < -0.4 is 14.4 Å². The van der Waals surface area contributed by atoms with Crippen LogP contribution in [0, 0.1) is 0 Å². The van der Waals surface area contributed by atoms with Crippen molar-refractivity contribution in [3.05, 3.63) is 124 Å². The van der Waals surface area contributed by atoms with Crippen molar-refractivity contribution in [2.24, 2.45) is 0 Å². The minimum Gasteiger partial charge on any atom is -0.489 e. The van der Waals surface area contributed by atoms with Crippen LogP contribution in [0.25, 0.3) is 0 Å². The van der Waals surface area contributed by atoms with Crippen LogP contribution in [0.1, 0.15) is 21.5 Å². The smallest absolute Gasteiger partial charge is 0.255 e. The van der Waals surface area contributed by atoms with Gasteiger partial charge in [0.1, 0.15) is 12.4 Å². The van der Waals surface area contributed by atoms with Crippen LogP contribution in [-0.4, -0.2) is 20.6 Å². The Bertz CT molecular complexity index is 1460. The third-order valence-corrected chi connectivity index (χ3v) is 7.39. The number of nitrogens with zero attached hydrogens (tertiary/aromatic N) is 1. The first-order valence-electron chi connectivity index (χ1n) is 11.3. The molecule has 0 saturated carbocycles. The molecule has 0 saturated heterocycles. The molecule has 0 aromatic heterocycles. The Balaban J connectivity index is 1.42. The van der Waals surface area contributed by atoms with E-state index < -0.39 is 10.0 Å². The first-order valence-corrected chi connectivity index (χ1v) is 13.9. The zero-order chi connectivity index (χ0) is 26.4. The van der Waals surface area contributed by atoms with Gasteiger partial charge in [-0.15, -0.1) is 0 Å². The van der Waals surface area contributed by atoms with Gasteiger partial charge in [-0.25, -0.2) is 8.42 Å². The summed E-state index contributed by atoms with van der Waals surface area (Å²) < 4.78 is 32.0. The number of nitrogens with one attached hydrogen (secondary N) is 1. The summed E-state index contributed by atoms with van der Waals surface area (Å²) in [5.74, 6) is 0.357. The average molecular weight is 555 g/mol. The summed E-state index contributed by atoms with van der Waals surface area (Å²) >= 11 is 12.5. The highest BCUT2D eigenvalue weighted by Gasteiger charge is 2.21. The normalized spacial score (nSPS) is 11.1. The molecule has 0 fully saturated rings. The first kappa shape index (κ1) is 26.5. The first-order chi connectivity index (χ1) is 17.7. The van der Waals surface area contributed by atoms with E-state index >= 15 is 0 Å². The van der Waals surface area contributed by atoms with Crippen molar-refractivity contribution >= 4 is 50.5 Å². The monoisotopic (exact) mass is 554 g/mol. The number of hydrogen-bond donors (Lipinski definition) is 1. The summed E-state index contributed by atoms with van der Waals surface area (Å²) in [7, 11) is -3.65. The van der Waals surface area contributed by atoms with Gasteiger partial charge in [0.25, 0.3) is 5.91 Å². The maximum absolute atomic E-state index is 12.8. The van der Waals surface area contributed by atoms with Crippen LogP contribution in [0.5, 0.6) is 5.75 Å². The van der Waals surface area contributed by atoms with Crippen molar-refractivity contribution in [2.45, 2.75) is 13.2 Å². The number of anilines is 2. The van der Waals surface area contributed by atoms with Gasteiger partial charge in [-0.1, -0.05) is 59.6 Å². The summed E-state index contributed by atoms with van der Waals surface area (Å²) in [6, 6.07) is 28.2. The summed E-state index contributed by atoms with van der Waals surface area (Å²) in [4.78, 5) is 12.8. The molecule has 4 aromatic rings. The van der Waals surface area contributed by atoms with Gasteiger partial charge in [-0.05, 0) is 66.2 Å². The Hall–Kier alpha value is -3.52. The molecular formula is C28H24Cl2N2O4S. The number of amides is 1. The molecule has 0 atom stereocenters. The molecule has 37 heavy (non-hydrogen) atoms. The van der Waals surface area contributed by atoms with E-state index in [0.717, 1.165) is 11.8 Å². The van der Waals surface area contributed by atoms with Gasteiger partial charge in [-0.2, -0.15) is 0 Å². The second-order valence-corrected chi connectivity index (χ2v) is 11.0. The Kier molecular flexibility index (Phi) is 8.38. The van der Waals surface area contributed by atoms with Crippen LogP contribution in [0.15, 0.2) is 97.1 Å². The van der Waals surface area contributed by atoms with E-state index in [2.05, 4.69) is 5.32 Å². The van der Waals surface area contributed by atoms with Gasteiger partial charge in [0, 0.05) is 26.9 Å². The minimum absolute atomic E-state index is 0.0401. The molecule has 190 valence electrons. The summed E-state index contributed by atoms with van der Waals surface area (Å²) in [5.41, 5.74) is 2.92. The molecule has 1 N–H and O–H groups in total. The number of carbonyl (C=O) groups is 1. The number of halogens is 2. The maximum atomic E-state index is 12.8. The molecule has 4 aromatic carbocycles. The standard InChI is InChI=1S/C28H24Cl2N2O4S/c1-37(34,35)32(18-25-26(29)8-5-9-27(25)30)23-14-10-21(11-15-23)28(33)31-22-12-16-24(17-13-22)36-19-20-6-3-2-4-7-20/h2-17H,18-19H2,1H3,(H,31,33). The summed E-state index contributed by atoms with van der Waals surface area (Å²) in [5, 5.41) is 3.57. The van der Waals surface area contributed by atoms with Crippen molar-refractivity contribution in [3.63, 3.8) is 0 Å². The Morgan fingerprint density at radius 1 is 0.838 bits per heavy atom. The molecule has 0 radical (unpaired) electrons. The van der Waals surface area contributed by atoms with Crippen LogP contribution >= 0.6 is 23.2 Å². The van der Waals surface area contributed by atoms with Crippen molar-refractivity contribution in [1.82, 2.24) is 0 Å². The van der Waals surface area contributed by atoms with E-state index in [-0.39, 0.29) is 12.5 Å². The van der Waals surface area contributed by atoms with Crippen LogP contribution in [0.4, 0.5) is 11.4 Å². The molecule has 0 aliphatic heterocycles. The third kappa shape index (κ3) is 7.04. The largest absolute Gasteiger partial charge is 0.489 e. The Labute approximate surface area is 226 Å². The van der Waals surface area contributed by atoms with Crippen molar-refractivity contribution in [3.8, 4) is 5.75 Å². The predicted molar refractivity (Wildman–Crippen MR) is 149 cm³/mol. The fourth-order valence-electron chi connectivity index (χ4n) is 3.58. The number of sulfonamides is 1. The highest BCUT2D eigenvalue weighted by molar-refractivity contribution is 7.92. The molecule has 0 unspecified atom stereocenters. The molecular weight excluding hydrogens is 531 g/mol. The molecule has 0 spiro atoms. The Morgan fingerprint density at radius 2 is 1.46 bits per heavy atom. The fourth-order valence-corrected chi connectivity index (χ4v) is 4.97. The molecule has 0 bridgehead atoms. The van der Waals surface area contributed by atoms with E-state index in [4.69, 9.17) is 27.9 Å². The zero-order valence-electron chi connectivity index (χ0n) is 19.9. The number of benzene rings is 4. The predicted octanol–water partition coefficient (Wildman–Crippen LogP) is 6.79. The lowest BCUT2D eigenvalue weighted by Gasteiger charge is -2.23. The minimum atomic E-state index is -3.65. The second-order valence-electron chi connectivity index (χ2n) is 8.27. The van der Waals surface area contributed by atoms with Crippen molar-refractivity contribution < 1.29 is 17.9 Å². The molecule has 9 heteroatoms. The maximum Gasteiger partial charge on any atom is 0.255 e. The van der Waals surface area contributed by atoms with Crippen LogP contribution in [-0.2, 0) is 23.2 Å². The third-order valence-electron chi connectivity index (χ3n) is 5.54. The van der Waals surface area contributed by atoms with E-state index in [9.17, 15) is 13.2 Å². The van der Waals surface area contributed by atoms with Gasteiger partial charge in [0.05, 0.1) is 18.5 Å². The van der Waals surface area contributed by atoms with Gasteiger partial charge in [0.15, 0.2) is 0 Å². The highest BCUT2D eigenvalue weighted by atomic mass is 35.5. The van der Waals surface area contributed by atoms with E-state index in [1.807, 2.05) is 30.3 Å². The fraction of sp³-hybridized carbons (Fsp3) is 0.107. The van der Waals surface area contributed by atoms with Crippen LogP contribution in [0.3, 0.4) is 0 Å². The van der Waals surface area contributed by atoms with Crippen molar-refractivity contribution in [2.75, 3.05) is 15.9 Å². The average Bonchev–Trinajstić information content (AvgIpc) is 2.88. The molecule has 0 aliphatic rings. The SMILES string of the molecule is CS(=O)(=O)N(Cc1c(Cl)cccc1Cl)c1ccc(C(=O)Nc2ccc(OCc3ccccc3)cc2)cc1.